The predicted octanol–water partition coefficient (Wildman–Crippen LogP) is 2.73. The highest BCUT2D eigenvalue weighted by Crippen LogP contribution is 2.09. The molecule has 0 aliphatic rings. The van der Waals surface area contributed by atoms with Crippen LogP contribution in [0.3, 0.4) is 0 Å². The number of aryl methyl sites for hydroxylation is 1. The lowest BCUT2D eigenvalue weighted by molar-refractivity contribution is 0.152. The smallest absolute Gasteiger partial charge is 0.0543 e. The zero-order chi connectivity index (χ0) is 10.9. The Bertz CT molecular complexity index is 271. The minimum absolute atomic E-state index is 0.182. The quantitative estimate of drug-likeness (QED) is 0.548. The van der Waals surface area contributed by atoms with E-state index in [-0.39, 0.29) is 6.10 Å². The second kappa shape index (κ2) is 7.18. The maximum atomic E-state index is 9.69. The maximum absolute atomic E-state index is 9.69. The van der Waals surface area contributed by atoms with Crippen LogP contribution in [0.25, 0.3) is 0 Å². The molecule has 0 saturated carbocycles. The Morgan fingerprint density at radius 2 is 2.07 bits per heavy atom. The van der Waals surface area contributed by atoms with Gasteiger partial charge < -0.3 is 5.11 Å². The Labute approximate surface area is 91.7 Å². The van der Waals surface area contributed by atoms with Gasteiger partial charge in [0.05, 0.1) is 6.10 Å². The van der Waals surface area contributed by atoms with Crippen LogP contribution in [0.15, 0.2) is 37.2 Å². The van der Waals surface area contributed by atoms with Gasteiger partial charge in [0, 0.05) is 12.4 Å². The first-order valence-corrected chi connectivity index (χ1v) is 5.51. The molecule has 15 heavy (non-hydrogen) atoms. The molecule has 1 atom stereocenters. The van der Waals surface area contributed by atoms with Crippen LogP contribution in [0.1, 0.15) is 31.2 Å². The van der Waals surface area contributed by atoms with Crippen LogP contribution in [-0.2, 0) is 6.42 Å². The van der Waals surface area contributed by atoms with E-state index in [4.69, 9.17) is 0 Å². The summed E-state index contributed by atoms with van der Waals surface area (Å²) in [6.45, 7) is 3.66. The number of nitrogens with zero attached hydrogens (tertiary/aromatic N) is 1. The highest BCUT2D eigenvalue weighted by atomic mass is 16.3. The number of aliphatic hydroxyl groups is 1. The van der Waals surface area contributed by atoms with Crippen molar-refractivity contribution in [1.29, 1.82) is 0 Å². The van der Waals surface area contributed by atoms with E-state index in [1.807, 2.05) is 18.2 Å². The number of hydrogen-bond donors (Lipinski definition) is 1. The maximum Gasteiger partial charge on any atom is 0.0543 e. The molecule has 0 saturated heterocycles. The first kappa shape index (κ1) is 11.9. The summed E-state index contributed by atoms with van der Waals surface area (Å²) in [5, 5.41) is 9.69. The second-order valence-corrected chi connectivity index (χ2v) is 3.77. The van der Waals surface area contributed by atoms with E-state index >= 15 is 0 Å². The van der Waals surface area contributed by atoms with Crippen LogP contribution in [0.4, 0.5) is 0 Å². The van der Waals surface area contributed by atoms with Crippen LogP contribution < -0.4 is 0 Å². The highest BCUT2D eigenvalue weighted by molar-refractivity contribution is 5.09. The van der Waals surface area contributed by atoms with Crippen molar-refractivity contribution in [2.24, 2.45) is 0 Å². The van der Waals surface area contributed by atoms with Gasteiger partial charge in [-0.15, -0.1) is 6.58 Å². The molecule has 0 bridgehead atoms. The van der Waals surface area contributed by atoms with Crippen molar-refractivity contribution in [3.05, 3.63) is 42.7 Å². The van der Waals surface area contributed by atoms with Gasteiger partial charge in [-0.3, -0.25) is 4.98 Å². The van der Waals surface area contributed by atoms with E-state index in [1.165, 1.54) is 5.56 Å². The molecule has 0 aliphatic carbocycles. The number of aliphatic hydroxyl groups excluding tert-OH is 1. The molecule has 0 fully saturated rings. The summed E-state index contributed by atoms with van der Waals surface area (Å²) < 4.78 is 0. The zero-order valence-electron chi connectivity index (χ0n) is 9.10. The van der Waals surface area contributed by atoms with Gasteiger partial charge in [0.2, 0.25) is 0 Å². The minimum Gasteiger partial charge on any atom is -0.393 e. The van der Waals surface area contributed by atoms with Gasteiger partial charge >= 0.3 is 0 Å². The topological polar surface area (TPSA) is 33.1 Å². The van der Waals surface area contributed by atoms with Gasteiger partial charge in [-0.1, -0.05) is 6.08 Å². The number of hydrogen-bond acceptors (Lipinski definition) is 2. The van der Waals surface area contributed by atoms with Gasteiger partial charge in [0.25, 0.3) is 0 Å². The monoisotopic (exact) mass is 205 g/mol. The van der Waals surface area contributed by atoms with Crippen molar-refractivity contribution in [3.8, 4) is 0 Å². The third kappa shape index (κ3) is 5.33. The van der Waals surface area contributed by atoms with Crippen LogP contribution in [-0.4, -0.2) is 16.2 Å². The molecule has 0 amide bonds. The van der Waals surface area contributed by atoms with Crippen molar-refractivity contribution < 1.29 is 5.11 Å². The van der Waals surface area contributed by atoms with E-state index in [9.17, 15) is 5.11 Å². The largest absolute Gasteiger partial charge is 0.393 e. The molecule has 1 aromatic rings. The molecule has 2 heteroatoms. The Morgan fingerprint density at radius 1 is 1.33 bits per heavy atom. The molecule has 1 aromatic heterocycles. The van der Waals surface area contributed by atoms with Gasteiger partial charge in [-0.2, -0.15) is 0 Å². The van der Waals surface area contributed by atoms with E-state index < -0.39 is 0 Å². The number of pyridine rings is 1. The second-order valence-electron chi connectivity index (χ2n) is 3.77. The lowest BCUT2D eigenvalue weighted by Crippen LogP contribution is -2.07. The SMILES string of the molecule is C=CCCCC(O)CCc1ccncc1. The third-order valence-corrected chi connectivity index (χ3v) is 2.46. The fraction of sp³-hybridized carbons (Fsp3) is 0.462. The molecule has 1 heterocycles. The summed E-state index contributed by atoms with van der Waals surface area (Å²) in [6, 6.07) is 3.99. The Kier molecular flexibility index (Phi) is 5.71. The molecule has 1 unspecified atom stereocenters. The van der Waals surface area contributed by atoms with Crippen molar-refractivity contribution in [3.63, 3.8) is 0 Å². The first-order chi connectivity index (χ1) is 7.33. The zero-order valence-corrected chi connectivity index (χ0v) is 9.10. The Morgan fingerprint density at radius 3 is 2.73 bits per heavy atom. The van der Waals surface area contributed by atoms with Crippen LogP contribution in [0, 0.1) is 0 Å². The van der Waals surface area contributed by atoms with E-state index in [0.29, 0.717) is 0 Å². The summed E-state index contributed by atoms with van der Waals surface area (Å²) in [5.74, 6) is 0. The van der Waals surface area contributed by atoms with Gasteiger partial charge in [-0.25, -0.2) is 0 Å². The number of unbranched alkanes of at least 4 members (excludes halogenated alkanes) is 1. The van der Waals surface area contributed by atoms with Crippen LogP contribution >= 0.6 is 0 Å². The van der Waals surface area contributed by atoms with E-state index in [1.54, 1.807) is 12.4 Å². The predicted molar refractivity (Wildman–Crippen MR) is 62.6 cm³/mol. The summed E-state index contributed by atoms with van der Waals surface area (Å²) in [5.41, 5.74) is 1.24. The molecule has 2 nitrogen and oxygen atoms in total. The molecular formula is C13H19NO. The number of allylic oxidation sites excluding steroid dienone is 1. The van der Waals surface area contributed by atoms with Crippen LogP contribution in [0.5, 0.6) is 0 Å². The van der Waals surface area contributed by atoms with Gasteiger partial charge in [-0.05, 0) is 49.8 Å². The molecule has 0 aliphatic heterocycles. The molecule has 0 aromatic carbocycles. The lowest BCUT2D eigenvalue weighted by atomic mass is 10.0. The molecule has 82 valence electrons. The molecular weight excluding hydrogens is 186 g/mol. The molecule has 0 radical (unpaired) electrons. The summed E-state index contributed by atoms with van der Waals surface area (Å²) in [7, 11) is 0. The van der Waals surface area contributed by atoms with Gasteiger partial charge in [0.1, 0.15) is 0 Å². The normalized spacial score (nSPS) is 12.3. The lowest BCUT2D eigenvalue weighted by Gasteiger charge is -2.09. The van der Waals surface area contributed by atoms with Crippen LogP contribution in [0.2, 0.25) is 0 Å². The van der Waals surface area contributed by atoms with Crippen molar-refractivity contribution in [1.82, 2.24) is 4.98 Å². The standard InChI is InChI=1S/C13H19NO/c1-2-3-4-5-13(15)7-6-12-8-10-14-11-9-12/h2,8-11,13,15H,1,3-7H2. The molecule has 0 spiro atoms. The van der Waals surface area contributed by atoms with Crippen molar-refractivity contribution in [2.45, 2.75) is 38.2 Å². The Hall–Kier alpha value is -1.15. The Balaban J connectivity index is 2.16. The number of rotatable bonds is 7. The third-order valence-electron chi connectivity index (χ3n) is 2.46. The fourth-order valence-corrected chi connectivity index (χ4v) is 1.52. The van der Waals surface area contributed by atoms with Crippen molar-refractivity contribution in [2.75, 3.05) is 0 Å². The summed E-state index contributed by atoms with van der Waals surface area (Å²) >= 11 is 0. The molecule has 1 N–H and O–H groups in total. The number of aromatic nitrogens is 1. The first-order valence-electron chi connectivity index (χ1n) is 5.51. The highest BCUT2D eigenvalue weighted by Gasteiger charge is 2.03. The van der Waals surface area contributed by atoms with E-state index in [2.05, 4.69) is 11.6 Å². The fourth-order valence-electron chi connectivity index (χ4n) is 1.52. The minimum atomic E-state index is -0.182. The van der Waals surface area contributed by atoms with E-state index in [0.717, 1.165) is 32.1 Å². The van der Waals surface area contributed by atoms with Gasteiger partial charge in [0.15, 0.2) is 0 Å². The summed E-state index contributed by atoms with van der Waals surface area (Å²) in [4.78, 5) is 3.96. The average molecular weight is 205 g/mol. The average Bonchev–Trinajstić information content (AvgIpc) is 2.28. The molecule has 1 rings (SSSR count). The van der Waals surface area contributed by atoms with Crippen molar-refractivity contribution >= 4 is 0 Å². The summed E-state index contributed by atoms with van der Waals surface area (Å²) in [6.07, 6.45) is 9.95.